The van der Waals surface area contributed by atoms with Gasteiger partial charge in [0.05, 0.1) is 39.5 Å². The van der Waals surface area contributed by atoms with Crippen molar-refractivity contribution < 1.29 is 45.1 Å². The lowest BCUT2D eigenvalue weighted by atomic mass is 9.88. The predicted octanol–water partition coefficient (Wildman–Crippen LogP) is 6.60. The van der Waals surface area contributed by atoms with Crippen LogP contribution >= 0.6 is 0 Å². The van der Waals surface area contributed by atoms with Crippen molar-refractivity contribution >= 4 is 43.1 Å². The maximum atomic E-state index is 16.1. The number of tetrazole rings is 1. The highest BCUT2D eigenvalue weighted by molar-refractivity contribution is 7.92. The Hall–Kier alpha value is -5.55. The zero-order chi connectivity index (χ0) is 50.1. The molecule has 0 fully saturated rings. The summed E-state index contributed by atoms with van der Waals surface area (Å²) in [5.41, 5.74) is 2.08. The Kier molecular flexibility index (Phi) is 17.2. The van der Waals surface area contributed by atoms with Crippen molar-refractivity contribution in [2.75, 3.05) is 34.4 Å². The van der Waals surface area contributed by atoms with E-state index in [9.17, 15) is 17.8 Å². The first kappa shape index (κ1) is 52.8. The van der Waals surface area contributed by atoms with Gasteiger partial charge in [-0.1, -0.05) is 48.5 Å². The van der Waals surface area contributed by atoms with Gasteiger partial charge in [-0.3, -0.25) is 0 Å². The maximum Gasteiger partial charge on any atom is 0.407 e. The number of ether oxygens (including phenoxy) is 4. The van der Waals surface area contributed by atoms with Crippen LogP contribution in [0.5, 0.6) is 17.2 Å². The van der Waals surface area contributed by atoms with E-state index in [0.717, 1.165) is 5.56 Å². The van der Waals surface area contributed by atoms with Crippen LogP contribution in [-0.4, -0.2) is 103 Å². The molecule has 1 aliphatic rings. The molecular formula is C48H62N8O10S3. The lowest BCUT2D eigenvalue weighted by Crippen LogP contribution is -2.44. The van der Waals surface area contributed by atoms with Crippen LogP contribution in [-0.2, 0) is 55.8 Å². The van der Waals surface area contributed by atoms with Gasteiger partial charge < -0.3 is 28.8 Å². The van der Waals surface area contributed by atoms with Gasteiger partial charge in [-0.15, -0.1) is 14.9 Å². The number of nitrogens with zero attached hydrogens (tertiary/aromatic N) is 5. The number of alkyl carbamates (subject to hydrolysis) is 1. The van der Waals surface area contributed by atoms with Crippen molar-refractivity contribution in [3.8, 4) is 28.6 Å². The largest absolute Gasteiger partial charge is 0.598 e. The van der Waals surface area contributed by atoms with Gasteiger partial charge in [0.25, 0.3) is 0 Å². The SMILES string of the molecule is COc1ccc(CN(Cc2ccc(OC)cc2)S(=O)(=O)c2c(S(=O)(=O)NCCNC(=O)OC(C)(C)C)ccc(C3=CC(N[S@@+]([O-])C(C)(C)C)CCC3)c2-c2nnn(Cc3ccc(OC)cc3)n2)cc1. The molecule has 4 aromatic carbocycles. The summed E-state index contributed by atoms with van der Waals surface area (Å²) in [6.45, 7) is 9.93. The number of carbonyl (C=O) groups excluding carboxylic acids is 1. The van der Waals surface area contributed by atoms with Gasteiger partial charge in [0.2, 0.25) is 25.9 Å². The summed E-state index contributed by atoms with van der Waals surface area (Å²) in [6, 6.07) is 23.5. The van der Waals surface area contributed by atoms with Crippen LogP contribution in [0.25, 0.3) is 17.0 Å². The molecular weight excluding hydrogens is 945 g/mol. The second-order valence-corrected chi connectivity index (χ2v) is 23.9. The molecule has 0 bridgehead atoms. The third-order valence-electron chi connectivity index (χ3n) is 10.8. The van der Waals surface area contributed by atoms with Crippen molar-refractivity contribution in [2.45, 2.75) is 107 Å². The Morgan fingerprint density at radius 1 is 0.797 bits per heavy atom. The third-order valence-corrected chi connectivity index (χ3v) is 16.0. The molecule has 0 radical (unpaired) electrons. The molecule has 1 unspecified atom stereocenters. The molecule has 0 saturated carbocycles. The molecule has 6 rings (SSSR count). The summed E-state index contributed by atoms with van der Waals surface area (Å²) in [5.74, 6) is 1.61. The van der Waals surface area contributed by atoms with Crippen LogP contribution in [0.15, 0.2) is 101 Å². The third kappa shape index (κ3) is 14.0. The van der Waals surface area contributed by atoms with Crippen LogP contribution in [0.4, 0.5) is 4.79 Å². The lowest BCUT2D eigenvalue weighted by molar-refractivity contribution is 0.0528. The van der Waals surface area contributed by atoms with E-state index in [-0.39, 0.29) is 50.2 Å². The van der Waals surface area contributed by atoms with E-state index in [0.29, 0.717) is 58.8 Å². The molecule has 0 aliphatic heterocycles. The zero-order valence-electron chi connectivity index (χ0n) is 40.4. The number of allylic oxidation sites excluding steroid dienone is 1. The molecule has 1 aromatic heterocycles. The minimum atomic E-state index is -4.92. The van der Waals surface area contributed by atoms with Crippen LogP contribution < -0.4 is 29.0 Å². The highest BCUT2D eigenvalue weighted by atomic mass is 32.2. The molecule has 1 heterocycles. The van der Waals surface area contributed by atoms with E-state index < -0.39 is 57.6 Å². The van der Waals surface area contributed by atoms with Crippen LogP contribution in [0, 0.1) is 0 Å². The summed E-state index contributed by atoms with van der Waals surface area (Å²) in [5, 5.41) is 16.1. The van der Waals surface area contributed by atoms with E-state index in [1.165, 1.54) is 29.4 Å². The fourth-order valence-electron chi connectivity index (χ4n) is 7.35. The monoisotopic (exact) mass is 1010 g/mol. The average Bonchev–Trinajstić information content (AvgIpc) is 3.77. The molecule has 1 aliphatic carbocycles. The van der Waals surface area contributed by atoms with Gasteiger partial charge in [-0.2, -0.15) is 9.10 Å². The first-order chi connectivity index (χ1) is 32.6. The van der Waals surface area contributed by atoms with E-state index in [1.807, 2.05) is 39.0 Å². The van der Waals surface area contributed by atoms with Crippen molar-refractivity contribution in [2.24, 2.45) is 0 Å². The standard InChI is InChI=1S/C48H62N8O10S3/c1-47(2,3)66-46(57)49-27-28-50-68(59,60)42-26-25-41(36-11-10-12-37(29-36)53-67(58)48(4,5)6)43(45-51-54-56(52-45)32-35-17-23-40(65-9)24-18-35)44(42)69(61,62)55(30-33-13-19-38(63-7)20-14-33)31-34-15-21-39(64-8)22-16-34/h13-26,29,37,50,53H,10-12,27-28,30-32H2,1-9H3,(H,49,57)/t37?,67-/m0/s1. The molecule has 2 atom stereocenters. The Bertz CT molecular complexity index is 2740. The molecule has 5 aromatic rings. The van der Waals surface area contributed by atoms with E-state index in [4.69, 9.17) is 24.0 Å². The molecule has 69 heavy (non-hydrogen) atoms. The van der Waals surface area contributed by atoms with Crippen molar-refractivity contribution in [3.05, 3.63) is 113 Å². The number of carbonyl (C=O) groups is 1. The van der Waals surface area contributed by atoms with Crippen LogP contribution in [0.1, 0.15) is 83.1 Å². The van der Waals surface area contributed by atoms with Gasteiger partial charge >= 0.3 is 6.09 Å². The van der Waals surface area contributed by atoms with E-state index in [2.05, 4.69) is 25.1 Å². The van der Waals surface area contributed by atoms with Gasteiger partial charge in [0, 0.05) is 37.5 Å². The number of nitrogens with one attached hydrogen (secondary N) is 3. The Morgan fingerprint density at radius 3 is 1.87 bits per heavy atom. The summed E-state index contributed by atoms with van der Waals surface area (Å²) in [6.07, 6.45) is 2.90. The molecule has 3 N–H and O–H groups in total. The fourth-order valence-corrected chi connectivity index (χ4v) is 11.6. The Morgan fingerprint density at radius 2 is 1.35 bits per heavy atom. The number of rotatable bonds is 20. The number of methoxy groups -OCH3 is 3. The number of sulfonamides is 2. The van der Waals surface area contributed by atoms with Gasteiger partial charge in [0.1, 0.15) is 37.4 Å². The van der Waals surface area contributed by atoms with E-state index in [1.54, 1.807) is 94.6 Å². The lowest BCUT2D eigenvalue weighted by Gasteiger charge is -2.30. The highest BCUT2D eigenvalue weighted by Gasteiger charge is 2.39. The molecule has 21 heteroatoms. The van der Waals surface area contributed by atoms with Gasteiger partial charge in [-0.25, -0.2) is 26.4 Å². The Labute approximate surface area is 408 Å². The fraction of sp³-hybridized carbons (Fsp3) is 0.417. The smallest absolute Gasteiger partial charge is 0.407 e. The topological polar surface area (TPSA) is 228 Å². The minimum absolute atomic E-state index is 0.0935. The summed E-state index contributed by atoms with van der Waals surface area (Å²) in [7, 11) is -5.02. The van der Waals surface area contributed by atoms with Crippen LogP contribution in [0.2, 0.25) is 0 Å². The summed E-state index contributed by atoms with van der Waals surface area (Å²) < 4.78 is 103. The predicted molar refractivity (Wildman–Crippen MR) is 264 cm³/mol. The minimum Gasteiger partial charge on any atom is -0.598 e. The average molecular weight is 1010 g/mol. The number of benzene rings is 4. The number of aromatic nitrogens is 4. The second-order valence-electron chi connectivity index (χ2n) is 18.3. The van der Waals surface area contributed by atoms with E-state index >= 15 is 8.42 Å². The number of hydrogen-bond acceptors (Lipinski definition) is 14. The maximum absolute atomic E-state index is 16.1. The summed E-state index contributed by atoms with van der Waals surface area (Å²) in [4.78, 5) is 12.6. The zero-order valence-corrected chi connectivity index (χ0v) is 42.9. The molecule has 1 amide bonds. The molecule has 0 spiro atoms. The van der Waals surface area contributed by atoms with Crippen molar-refractivity contribution in [1.82, 2.24) is 39.3 Å². The first-order valence-corrected chi connectivity index (χ1v) is 26.4. The normalized spacial score (nSPS) is 15.1. The van der Waals surface area contributed by atoms with Crippen molar-refractivity contribution in [3.63, 3.8) is 0 Å². The summed E-state index contributed by atoms with van der Waals surface area (Å²) >= 11 is -1.44. The van der Waals surface area contributed by atoms with Crippen molar-refractivity contribution in [1.29, 1.82) is 0 Å². The first-order valence-electron chi connectivity index (χ1n) is 22.3. The number of amides is 1. The van der Waals surface area contributed by atoms with Crippen LogP contribution in [0.3, 0.4) is 0 Å². The molecule has 372 valence electrons. The second kappa shape index (κ2) is 22.5. The highest BCUT2D eigenvalue weighted by Crippen LogP contribution is 2.42. The quantitative estimate of drug-likeness (QED) is 0.0552. The molecule has 0 saturated heterocycles. The van der Waals surface area contributed by atoms with Gasteiger partial charge in [-0.05, 0) is 136 Å². The van der Waals surface area contributed by atoms with Gasteiger partial charge in [0.15, 0.2) is 0 Å². The molecule has 18 nitrogen and oxygen atoms in total. The Balaban J connectivity index is 1.58. The number of hydrogen-bond donors (Lipinski definition) is 3.